The maximum absolute atomic E-state index is 13.4. The lowest BCUT2D eigenvalue weighted by Gasteiger charge is -2.16. The van der Waals surface area contributed by atoms with E-state index in [-0.39, 0.29) is 23.5 Å². The summed E-state index contributed by atoms with van der Waals surface area (Å²) in [5, 5.41) is 9.90. The van der Waals surface area contributed by atoms with Crippen molar-refractivity contribution in [2.24, 2.45) is 5.92 Å². The van der Waals surface area contributed by atoms with Gasteiger partial charge >= 0.3 is 0 Å². The van der Waals surface area contributed by atoms with Crippen LogP contribution in [0.3, 0.4) is 0 Å². The molecular formula is C12H14F2O3S. The summed E-state index contributed by atoms with van der Waals surface area (Å²) in [5.74, 6) is -2.35. The fourth-order valence-electron chi connectivity index (χ4n) is 2.23. The lowest BCUT2D eigenvalue weighted by atomic mass is 9.95. The van der Waals surface area contributed by atoms with Crippen LogP contribution < -0.4 is 0 Å². The van der Waals surface area contributed by atoms with E-state index in [0.717, 1.165) is 6.07 Å². The van der Waals surface area contributed by atoms with Gasteiger partial charge in [-0.05, 0) is 18.1 Å². The van der Waals surface area contributed by atoms with E-state index in [1.54, 1.807) is 0 Å². The van der Waals surface area contributed by atoms with Crippen molar-refractivity contribution in [3.05, 3.63) is 35.4 Å². The van der Waals surface area contributed by atoms with Crippen molar-refractivity contribution in [3.63, 3.8) is 0 Å². The van der Waals surface area contributed by atoms with Crippen LogP contribution in [0.4, 0.5) is 8.78 Å². The molecule has 2 atom stereocenters. The van der Waals surface area contributed by atoms with E-state index in [1.807, 2.05) is 0 Å². The van der Waals surface area contributed by atoms with E-state index >= 15 is 0 Å². The SMILES string of the molecule is O=S1(=O)CCC(C(O)Cc2cccc(F)c2F)C1. The highest BCUT2D eigenvalue weighted by molar-refractivity contribution is 7.91. The van der Waals surface area contributed by atoms with Crippen molar-refractivity contribution in [1.82, 2.24) is 0 Å². The number of aliphatic hydroxyl groups is 1. The molecule has 0 aromatic heterocycles. The van der Waals surface area contributed by atoms with Gasteiger partial charge in [-0.25, -0.2) is 17.2 Å². The average Bonchev–Trinajstić information content (AvgIpc) is 2.65. The maximum Gasteiger partial charge on any atom is 0.162 e. The first-order chi connectivity index (χ1) is 8.39. The summed E-state index contributed by atoms with van der Waals surface area (Å²) in [5.41, 5.74) is 0.0757. The molecule has 1 aliphatic heterocycles. The summed E-state index contributed by atoms with van der Waals surface area (Å²) >= 11 is 0. The van der Waals surface area contributed by atoms with Crippen molar-refractivity contribution >= 4 is 9.84 Å². The Labute approximate surface area is 104 Å². The fourth-order valence-corrected chi connectivity index (χ4v) is 4.09. The standard InChI is InChI=1S/C12H14F2O3S/c13-10-3-1-2-8(12(10)14)6-11(15)9-4-5-18(16,17)7-9/h1-3,9,11,15H,4-7H2. The minimum Gasteiger partial charge on any atom is -0.392 e. The molecule has 1 aromatic rings. The van der Waals surface area contributed by atoms with Gasteiger partial charge in [-0.2, -0.15) is 0 Å². The minimum absolute atomic E-state index is 0.0559. The Morgan fingerprint density at radius 2 is 2.11 bits per heavy atom. The highest BCUT2D eigenvalue weighted by Gasteiger charge is 2.33. The quantitative estimate of drug-likeness (QED) is 0.905. The van der Waals surface area contributed by atoms with E-state index in [0.29, 0.717) is 6.42 Å². The molecule has 3 nitrogen and oxygen atoms in total. The van der Waals surface area contributed by atoms with Crippen molar-refractivity contribution < 1.29 is 22.3 Å². The number of hydrogen-bond acceptors (Lipinski definition) is 3. The fraction of sp³-hybridized carbons (Fsp3) is 0.500. The van der Waals surface area contributed by atoms with E-state index < -0.39 is 33.5 Å². The first-order valence-electron chi connectivity index (χ1n) is 5.70. The second kappa shape index (κ2) is 4.93. The third kappa shape index (κ3) is 2.87. The molecule has 18 heavy (non-hydrogen) atoms. The van der Waals surface area contributed by atoms with Crippen molar-refractivity contribution in [2.75, 3.05) is 11.5 Å². The smallest absolute Gasteiger partial charge is 0.162 e. The van der Waals surface area contributed by atoms with Crippen LogP contribution in [0.25, 0.3) is 0 Å². The van der Waals surface area contributed by atoms with Crippen LogP contribution in [0, 0.1) is 17.6 Å². The molecule has 0 aliphatic carbocycles. The van der Waals surface area contributed by atoms with E-state index in [9.17, 15) is 22.3 Å². The predicted octanol–water partition coefficient (Wildman–Crippen LogP) is 1.30. The normalized spacial score (nSPS) is 24.1. The summed E-state index contributed by atoms with van der Waals surface area (Å²) in [6, 6.07) is 3.77. The molecule has 0 amide bonds. The third-order valence-electron chi connectivity index (χ3n) is 3.27. The zero-order valence-electron chi connectivity index (χ0n) is 9.64. The highest BCUT2D eigenvalue weighted by Crippen LogP contribution is 2.25. The molecule has 1 saturated heterocycles. The molecule has 100 valence electrons. The Bertz CT molecular complexity index is 542. The number of halogens is 2. The second-order valence-electron chi connectivity index (χ2n) is 4.65. The monoisotopic (exact) mass is 276 g/mol. The predicted molar refractivity (Wildman–Crippen MR) is 62.8 cm³/mol. The van der Waals surface area contributed by atoms with Gasteiger partial charge in [0.25, 0.3) is 0 Å². The molecule has 1 N–H and O–H groups in total. The molecule has 0 radical (unpaired) electrons. The molecular weight excluding hydrogens is 262 g/mol. The van der Waals surface area contributed by atoms with Crippen LogP contribution in [0.5, 0.6) is 0 Å². The molecule has 1 heterocycles. The van der Waals surface area contributed by atoms with Crippen molar-refractivity contribution in [2.45, 2.75) is 18.9 Å². The molecule has 1 aliphatic rings. The topological polar surface area (TPSA) is 54.4 Å². The number of hydrogen-bond donors (Lipinski definition) is 1. The lowest BCUT2D eigenvalue weighted by molar-refractivity contribution is 0.119. The van der Waals surface area contributed by atoms with E-state index in [1.165, 1.54) is 12.1 Å². The van der Waals surface area contributed by atoms with Crippen molar-refractivity contribution in [1.29, 1.82) is 0 Å². The Morgan fingerprint density at radius 1 is 1.39 bits per heavy atom. The van der Waals surface area contributed by atoms with E-state index in [4.69, 9.17) is 0 Å². The van der Waals surface area contributed by atoms with Crippen LogP contribution in [0.1, 0.15) is 12.0 Å². The summed E-state index contributed by atoms with van der Waals surface area (Å²) in [6.45, 7) is 0. The maximum atomic E-state index is 13.4. The molecule has 1 fully saturated rings. The van der Waals surface area contributed by atoms with Gasteiger partial charge < -0.3 is 5.11 Å². The second-order valence-corrected chi connectivity index (χ2v) is 6.88. The summed E-state index contributed by atoms with van der Waals surface area (Å²) < 4.78 is 48.9. The van der Waals surface area contributed by atoms with Gasteiger partial charge in [-0.15, -0.1) is 0 Å². The zero-order chi connectivity index (χ0) is 13.3. The van der Waals surface area contributed by atoms with Crippen LogP contribution >= 0.6 is 0 Å². The number of sulfone groups is 1. The zero-order valence-corrected chi connectivity index (χ0v) is 10.5. The Morgan fingerprint density at radius 3 is 2.72 bits per heavy atom. The number of benzene rings is 1. The minimum atomic E-state index is -3.08. The summed E-state index contributed by atoms with van der Waals surface area (Å²) in [6.07, 6.45) is -0.650. The van der Waals surface area contributed by atoms with Gasteiger partial charge in [-0.1, -0.05) is 12.1 Å². The molecule has 2 rings (SSSR count). The summed E-state index contributed by atoms with van der Waals surface area (Å²) in [7, 11) is -3.08. The van der Waals surface area contributed by atoms with Crippen LogP contribution in [0.15, 0.2) is 18.2 Å². The molecule has 0 spiro atoms. The molecule has 6 heteroatoms. The van der Waals surface area contributed by atoms with Gasteiger partial charge in [0.1, 0.15) is 0 Å². The lowest BCUT2D eigenvalue weighted by Crippen LogP contribution is -2.24. The largest absolute Gasteiger partial charge is 0.392 e. The van der Waals surface area contributed by atoms with Gasteiger partial charge in [0.2, 0.25) is 0 Å². The Balaban J connectivity index is 2.08. The number of rotatable bonds is 3. The Kier molecular flexibility index (Phi) is 3.68. The van der Waals surface area contributed by atoms with Gasteiger partial charge in [0.15, 0.2) is 21.5 Å². The first-order valence-corrected chi connectivity index (χ1v) is 7.52. The van der Waals surface area contributed by atoms with Gasteiger partial charge in [0, 0.05) is 12.3 Å². The molecule has 2 unspecified atom stereocenters. The number of aliphatic hydroxyl groups excluding tert-OH is 1. The Hall–Kier alpha value is -1.01. The van der Waals surface area contributed by atoms with Gasteiger partial charge in [-0.3, -0.25) is 0 Å². The summed E-state index contributed by atoms with van der Waals surface area (Å²) in [4.78, 5) is 0. The van der Waals surface area contributed by atoms with Crippen LogP contribution in [-0.2, 0) is 16.3 Å². The molecule has 0 bridgehead atoms. The first kappa shape index (κ1) is 13.4. The van der Waals surface area contributed by atoms with E-state index in [2.05, 4.69) is 0 Å². The van der Waals surface area contributed by atoms with Crippen LogP contribution in [0.2, 0.25) is 0 Å². The highest BCUT2D eigenvalue weighted by atomic mass is 32.2. The average molecular weight is 276 g/mol. The van der Waals surface area contributed by atoms with Crippen LogP contribution in [-0.4, -0.2) is 31.1 Å². The van der Waals surface area contributed by atoms with Gasteiger partial charge in [0.05, 0.1) is 17.6 Å². The third-order valence-corrected chi connectivity index (χ3v) is 5.07. The molecule has 1 aromatic carbocycles. The molecule has 0 saturated carbocycles. The van der Waals surface area contributed by atoms with Crippen molar-refractivity contribution in [3.8, 4) is 0 Å².